The Labute approximate surface area is 183 Å². The quantitative estimate of drug-likeness (QED) is 0.156. The summed E-state index contributed by atoms with van der Waals surface area (Å²) >= 11 is 0. The minimum atomic E-state index is 0.883. The first-order chi connectivity index (χ1) is 14.2. The van der Waals surface area contributed by atoms with Gasteiger partial charge in [-0.25, -0.2) is 9.55 Å². The molecule has 0 aliphatic rings. The average Bonchev–Trinajstić information content (AvgIpc) is 3.15. The first-order valence-electron chi connectivity index (χ1n) is 13.3. The number of imidazole rings is 1. The summed E-state index contributed by atoms with van der Waals surface area (Å²) in [6, 6.07) is 0. The fourth-order valence-electron chi connectivity index (χ4n) is 4.32. The predicted molar refractivity (Wildman–Crippen MR) is 128 cm³/mol. The van der Waals surface area contributed by atoms with Crippen LogP contribution in [-0.4, -0.2) is 4.98 Å². The number of hydrogen-bond donors (Lipinski definition) is 1. The first-order valence-corrected chi connectivity index (χ1v) is 13.3. The minimum absolute atomic E-state index is 0.883. The van der Waals surface area contributed by atoms with Crippen LogP contribution in [0.5, 0.6) is 0 Å². The highest BCUT2D eigenvalue weighted by Gasteiger charge is 2.09. The molecule has 2 heteroatoms. The molecule has 0 atom stereocenters. The summed E-state index contributed by atoms with van der Waals surface area (Å²) in [6.45, 7) is 8.17. The van der Waals surface area contributed by atoms with Gasteiger partial charge in [-0.15, -0.1) is 0 Å². The Hall–Kier alpha value is -0.790. The Balaban J connectivity index is 1.93. The van der Waals surface area contributed by atoms with E-state index in [0.717, 1.165) is 5.92 Å². The van der Waals surface area contributed by atoms with Crippen molar-refractivity contribution in [1.29, 1.82) is 0 Å². The second-order valence-corrected chi connectivity index (χ2v) is 9.69. The van der Waals surface area contributed by atoms with Crippen LogP contribution in [0.3, 0.4) is 0 Å². The van der Waals surface area contributed by atoms with Gasteiger partial charge in [0, 0.05) is 6.42 Å². The van der Waals surface area contributed by atoms with E-state index in [1.54, 1.807) is 0 Å². The molecule has 0 aliphatic carbocycles. The molecule has 0 bridgehead atoms. The van der Waals surface area contributed by atoms with Crippen LogP contribution in [0.4, 0.5) is 0 Å². The maximum atomic E-state index is 3.48. The van der Waals surface area contributed by atoms with Crippen molar-refractivity contribution >= 4 is 0 Å². The third-order valence-electron chi connectivity index (χ3n) is 6.30. The van der Waals surface area contributed by atoms with Gasteiger partial charge in [-0.05, 0) is 25.2 Å². The summed E-state index contributed by atoms with van der Waals surface area (Å²) in [5.41, 5.74) is 0. The number of aryl methyl sites for hydroxylation is 2. The molecule has 1 aromatic rings. The van der Waals surface area contributed by atoms with Crippen molar-refractivity contribution in [2.45, 2.75) is 149 Å². The van der Waals surface area contributed by atoms with Gasteiger partial charge in [-0.3, -0.25) is 0 Å². The molecule has 1 heterocycles. The van der Waals surface area contributed by atoms with Crippen LogP contribution in [0.1, 0.15) is 142 Å². The van der Waals surface area contributed by atoms with Gasteiger partial charge in [-0.1, -0.05) is 117 Å². The monoisotopic (exact) mass is 405 g/mol. The van der Waals surface area contributed by atoms with Crippen molar-refractivity contribution in [3.05, 3.63) is 18.2 Å². The average molecular weight is 406 g/mol. The summed E-state index contributed by atoms with van der Waals surface area (Å²) in [6.07, 6.45) is 31.1. The van der Waals surface area contributed by atoms with E-state index in [1.165, 1.54) is 134 Å². The van der Waals surface area contributed by atoms with Crippen LogP contribution in [0.15, 0.2) is 12.4 Å². The van der Waals surface area contributed by atoms with Crippen molar-refractivity contribution in [3.8, 4) is 0 Å². The number of hydrogen-bond acceptors (Lipinski definition) is 0. The highest BCUT2D eigenvalue weighted by atomic mass is 15.1. The highest BCUT2D eigenvalue weighted by Crippen LogP contribution is 2.13. The normalized spacial score (nSPS) is 11.6. The smallest absolute Gasteiger partial charge is 0.248 e. The molecule has 1 aromatic heterocycles. The van der Waals surface area contributed by atoms with Crippen molar-refractivity contribution in [3.63, 3.8) is 0 Å². The highest BCUT2D eigenvalue weighted by molar-refractivity contribution is 4.77. The van der Waals surface area contributed by atoms with Gasteiger partial charge in [0.1, 0.15) is 12.4 Å². The van der Waals surface area contributed by atoms with Gasteiger partial charge < -0.3 is 0 Å². The number of H-pyrrole nitrogens is 1. The summed E-state index contributed by atoms with van der Waals surface area (Å²) in [5, 5.41) is 0. The van der Waals surface area contributed by atoms with E-state index in [9.17, 15) is 0 Å². The van der Waals surface area contributed by atoms with Gasteiger partial charge in [0.05, 0.1) is 6.54 Å². The van der Waals surface area contributed by atoms with Gasteiger partial charge >= 0.3 is 0 Å². The van der Waals surface area contributed by atoms with E-state index in [4.69, 9.17) is 0 Å². The Morgan fingerprint density at radius 1 is 0.690 bits per heavy atom. The standard InChI is InChI=1S/C27H52N2/c1-4-5-6-7-8-14-17-20-24-29-25-23-28-27(29)22-19-16-13-11-9-10-12-15-18-21-26(2)3/h23,25-26H,4-22,24H2,1-3H3/p+1. The van der Waals surface area contributed by atoms with Crippen LogP contribution in [0.25, 0.3) is 0 Å². The molecule has 0 amide bonds. The molecule has 29 heavy (non-hydrogen) atoms. The van der Waals surface area contributed by atoms with E-state index in [2.05, 4.69) is 42.7 Å². The fraction of sp³-hybridized carbons (Fsp3) is 0.889. The molecule has 0 saturated heterocycles. The minimum Gasteiger partial charge on any atom is -0.248 e. The lowest BCUT2D eigenvalue weighted by Gasteiger charge is -2.05. The molecule has 0 unspecified atom stereocenters. The van der Waals surface area contributed by atoms with Crippen molar-refractivity contribution in [1.82, 2.24) is 4.98 Å². The van der Waals surface area contributed by atoms with Crippen molar-refractivity contribution < 1.29 is 4.57 Å². The topological polar surface area (TPSA) is 19.7 Å². The second kappa shape index (κ2) is 19.2. The van der Waals surface area contributed by atoms with Crippen LogP contribution >= 0.6 is 0 Å². The summed E-state index contributed by atoms with van der Waals surface area (Å²) < 4.78 is 2.47. The zero-order valence-electron chi connectivity index (χ0n) is 20.3. The zero-order valence-corrected chi connectivity index (χ0v) is 20.3. The lowest BCUT2D eigenvalue weighted by Crippen LogP contribution is -2.36. The maximum absolute atomic E-state index is 3.48. The molecule has 0 fully saturated rings. The number of aromatic amines is 1. The number of nitrogens with zero attached hydrogens (tertiary/aromatic N) is 1. The predicted octanol–water partition coefficient (Wildman–Crippen LogP) is 8.54. The first kappa shape index (κ1) is 26.2. The lowest BCUT2D eigenvalue weighted by atomic mass is 10.0. The molecule has 0 aromatic carbocycles. The summed E-state index contributed by atoms with van der Waals surface area (Å²) in [5.74, 6) is 2.33. The molecule has 170 valence electrons. The number of aromatic nitrogens is 2. The number of unbranched alkanes of at least 4 members (excludes halogenated alkanes) is 15. The second-order valence-electron chi connectivity index (χ2n) is 9.69. The van der Waals surface area contributed by atoms with Gasteiger partial charge in [-0.2, -0.15) is 0 Å². The van der Waals surface area contributed by atoms with Crippen LogP contribution in [0.2, 0.25) is 0 Å². The third-order valence-corrected chi connectivity index (χ3v) is 6.30. The Bertz CT molecular complexity index is 449. The van der Waals surface area contributed by atoms with Crippen molar-refractivity contribution in [2.24, 2.45) is 5.92 Å². The molecule has 0 aliphatic heterocycles. The van der Waals surface area contributed by atoms with Gasteiger partial charge in [0.15, 0.2) is 0 Å². The molecule has 0 spiro atoms. The summed E-state index contributed by atoms with van der Waals surface area (Å²) in [7, 11) is 0. The molecule has 2 nitrogen and oxygen atoms in total. The molecular weight excluding hydrogens is 352 g/mol. The van der Waals surface area contributed by atoms with Crippen LogP contribution in [0, 0.1) is 5.92 Å². The van der Waals surface area contributed by atoms with E-state index < -0.39 is 0 Å². The SMILES string of the molecule is CCCCCCCCCC[n+]1cc[nH]c1CCCCCCCCCCCC(C)C. The van der Waals surface area contributed by atoms with Gasteiger partial charge in [0.25, 0.3) is 5.82 Å². The van der Waals surface area contributed by atoms with Crippen molar-refractivity contribution in [2.75, 3.05) is 0 Å². The van der Waals surface area contributed by atoms with E-state index >= 15 is 0 Å². The lowest BCUT2D eigenvalue weighted by molar-refractivity contribution is -0.703. The van der Waals surface area contributed by atoms with Crippen LogP contribution in [-0.2, 0) is 13.0 Å². The number of rotatable bonds is 21. The van der Waals surface area contributed by atoms with E-state index in [-0.39, 0.29) is 0 Å². The molecule has 0 saturated carbocycles. The van der Waals surface area contributed by atoms with E-state index in [0.29, 0.717) is 0 Å². The largest absolute Gasteiger partial charge is 0.254 e. The Morgan fingerprint density at radius 3 is 1.79 bits per heavy atom. The van der Waals surface area contributed by atoms with Crippen LogP contribution < -0.4 is 4.57 Å². The van der Waals surface area contributed by atoms with Gasteiger partial charge in [0.2, 0.25) is 0 Å². The molecule has 1 N–H and O–H groups in total. The number of nitrogens with one attached hydrogen (secondary N) is 1. The van der Waals surface area contributed by atoms with E-state index in [1.807, 2.05) is 0 Å². The third kappa shape index (κ3) is 15.7. The maximum Gasteiger partial charge on any atom is 0.254 e. The molecule has 0 radical (unpaired) electrons. The summed E-state index contributed by atoms with van der Waals surface area (Å²) in [4.78, 5) is 3.48. The molecular formula is C27H53N2+. The Kier molecular flexibility index (Phi) is 17.4. The Morgan fingerprint density at radius 2 is 1.21 bits per heavy atom. The zero-order chi connectivity index (χ0) is 21.0. The fourth-order valence-corrected chi connectivity index (χ4v) is 4.32. The molecule has 1 rings (SSSR count).